The second kappa shape index (κ2) is 3.72. The second-order valence-electron chi connectivity index (χ2n) is 2.85. The third-order valence-electron chi connectivity index (χ3n) is 1.91. The summed E-state index contributed by atoms with van der Waals surface area (Å²) >= 11 is 5.06. The Morgan fingerprint density at radius 2 is 2.38 bits per heavy atom. The molecule has 1 aromatic carbocycles. The molecule has 1 aromatic rings. The molecule has 0 radical (unpaired) electrons. The van der Waals surface area contributed by atoms with Crippen LogP contribution < -0.4 is 5.73 Å². The number of nitrogens with zero attached hydrogens (tertiary/aromatic N) is 1. The van der Waals surface area contributed by atoms with E-state index in [0.29, 0.717) is 5.17 Å². The zero-order chi connectivity index (χ0) is 9.26. The Morgan fingerprint density at radius 3 is 3.00 bits per heavy atom. The van der Waals surface area contributed by atoms with Gasteiger partial charge in [-0.05, 0) is 17.7 Å². The Hall–Kier alpha value is -0.480. The second-order valence-corrected chi connectivity index (χ2v) is 4.81. The van der Waals surface area contributed by atoms with Crippen molar-refractivity contribution in [1.82, 2.24) is 0 Å². The zero-order valence-electron chi connectivity index (χ0n) is 6.90. The van der Waals surface area contributed by atoms with E-state index in [-0.39, 0.29) is 6.04 Å². The third-order valence-corrected chi connectivity index (χ3v) is 3.28. The van der Waals surface area contributed by atoms with Crippen molar-refractivity contribution in [3.8, 4) is 0 Å². The Kier molecular flexibility index (Phi) is 2.60. The minimum Gasteiger partial charge on any atom is -0.379 e. The van der Waals surface area contributed by atoms with E-state index in [9.17, 15) is 0 Å². The van der Waals surface area contributed by atoms with Gasteiger partial charge in [-0.3, -0.25) is 4.99 Å². The van der Waals surface area contributed by atoms with Gasteiger partial charge in [-0.2, -0.15) is 0 Å². The molecule has 68 valence electrons. The summed E-state index contributed by atoms with van der Waals surface area (Å²) in [5.41, 5.74) is 6.83. The van der Waals surface area contributed by atoms with Crippen LogP contribution in [-0.2, 0) is 0 Å². The van der Waals surface area contributed by atoms with Gasteiger partial charge >= 0.3 is 0 Å². The van der Waals surface area contributed by atoms with Crippen LogP contribution in [-0.4, -0.2) is 10.9 Å². The van der Waals surface area contributed by atoms with E-state index in [2.05, 4.69) is 33.1 Å². The van der Waals surface area contributed by atoms with Crippen LogP contribution >= 0.6 is 27.7 Å². The first-order valence-corrected chi connectivity index (χ1v) is 5.75. The van der Waals surface area contributed by atoms with Crippen LogP contribution in [0, 0.1) is 0 Å². The number of rotatable bonds is 1. The minimum absolute atomic E-state index is 0.238. The van der Waals surface area contributed by atoms with Crippen molar-refractivity contribution in [2.45, 2.75) is 6.04 Å². The molecule has 2 N–H and O–H groups in total. The average Bonchev–Trinajstić information content (AvgIpc) is 2.52. The Bertz CT molecular complexity index is 351. The molecular weight excluding hydrogens is 248 g/mol. The lowest BCUT2D eigenvalue weighted by atomic mass is 10.1. The van der Waals surface area contributed by atoms with Gasteiger partial charge in [0, 0.05) is 10.2 Å². The average molecular weight is 257 g/mol. The molecule has 1 heterocycles. The van der Waals surface area contributed by atoms with Crippen molar-refractivity contribution in [3.63, 3.8) is 0 Å². The minimum atomic E-state index is 0.238. The lowest BCUT2D eigenvalue weighted by molar-refractivity contribution is 0.847. The number of benzene rings is 1. The highest BCUT2D eigenvalue weighted by Gasteiger charge is 2.17. The van der Waals surface area contributed by atoms with Crippen molar-refractivity contribution >= 4 is 32.9 Å². The fraction of sp³-hybridized carbons (Fsp3) is 0.222. The van der Waals surface area contributed by atoms with E-state index in [4.69, 9.17) is 5.73 Å². The van der Waals surface area contributed by atoms with Crippen LogP contribution in [0.15, 0.2) is 33.7 Å². The summed E-state index contributed by atoms with van der Waals surface area (Å²) in [5, 5.41) is 0.699. The smallest absolute Gasteiger partial charge is 0.154 e. The number of nitrogens with two attached hydrogens (primary N) is 1. The first-order valence-electron chi connectivity index (χ1n) is 3.97. The largest absolute Gasteiger partial charge is 0.379 e. The summed E-state index contributed by atoms with van der Waals surface area (Å²) in [5.74, 6) is 0.961. The first kappa shape index (κ1) is 9.09. The molecule has 0 aromatic heterocycles. The first-order chi connectivity index (χ1) is 6.25. The maximum Gasteiger partial charge on any atom is 0.154 e. The van der Waals surface area contributed by atoms with Gasteiger partial charge in [0.2, 0.25) is 0 Å². The molecule has 2 rings (SSSR count). The quantitative estimate of drug-likeness (QED) is 0.839. The monoisotopic (exact) mass is 256 g/mol. The normalized spacial score (nSPS) is 21.6. The molecular formula is C9H9BrN2S. The highest BCUT2D eigenvalue weighted by Crippen LogP contribution is 2.29. The topological polar surface area (TPSA) is 38.4 Å². The number of amidine groups is 1. The van der Waals surface area contributed by atoms with E-state index in [1.165, 1.54) is 5.56 Å². The molecule has 0 fully saturated rings. The number of hydrogen-bond acceptors (Lipinski definition) is 3. The van der Waals surface area contributed by atoms with Gasteiger partial charge in [-0.15, -0.1) is 0 Å². The lowest BCUT2D eigenvalue weighted by Crippen LogP contribution is -2.01. The molecule has 0 saturated heterocycles. The SMILES string of the molecule is NC1=NC(c2cccc(Br)c2)CS1. The van der Waals surface area contributed by atoms with Gasteiger partial charge in [-0.25, -0.2) is 0 Å². The van der Waals surface area contributed by atoms with E-state index in [1.54, 1.807) is 11.8 Å². The zero-order valence-corrected chi connectivity index (χ0v) is 9.31. The summed E-state index contributed by atoms with van der Waals surface area (Å²) in [6.07, 6.45) is 0. The van der Waals surface area contributed by atoms with Crippen LogP contribution in [0.25, 0.3) is 0 Å². The molecule has 0 spiro atoms. The third kappa shape index (κ3) is 2.06. The highest BCUT2D eigenvalue weighted by molar-refractivity contribution is 9.10. The van der Waals surface area contributed by atoms with Crippen molar-refractivity contribution in [3.05, 3.63) is 34.3 Å². The summed E-state index contributed by atoms with van der Waals surface area (Å²) in [7, 11) is 0. The van der Waals surface area contributed by atoms with Crippen molar-refractivity contribution in [2.24, 2.45) is 10.7 Å². The molecule has 0 bridgehead atoms. The summed E-state index contributed by atoms with van der Waals surface area (Å²) < 4.78 is 1.09. The number of halogens is 1. The van der Waals surface area contributed by atoms with Crippen molar-refractivity contribution in [1.29, 1.82) is 0 Å². The van der Waals surface area contributed by atoms with Crippen LogP contribution in [0.2, 0.25) is 0 Å². The fourth-order valence-electron chi connectivity index (χ4n) is 1.28. The van der Waals surface area contributed by atoms with Crippen LogP contribution in [0.3, 0.4) is 0 Å². The summed E-state index contributed by atoms with van der Waals surface area (Å²) in [6.45, 7) is 0. The molecule has 4 heteroatoms. The van der Waals surface area contributed by atoms with Gasteiger partial charge in [0.1, 0.15) is 0 Å². The molecule has 13 heavy (non-hydrogen) atoms. The van der Waals surface area contributed by atoms with Gasteiger partial charge in [0.05, 0.1) is 6.04 Å². The Morgan fingerprint density at radius 1 is 1.54 bits per heavy atom. The molecule has 1 unspecified atom stereocenters. The predicted molar refractivity (Wildman–Crippen MR) is 61.0 cm³/mol. The molecule has 1 aliphatic heterocycles. The van der Waals surface area contributed by atoms with Gasteiger partial charge in [0.25, 0.3) is 0 Å². The maximum atomic E-state index is 5.60. The Balaban J connectivity index is 2.26. The van der Waals surface area contributed by atoms with E-state index in [1.807, 2.05) is 12.1 Å². The van der Waals surface area contributed by atoms with Gasteiger partial charge in [0.15, 0.2) is 5.17 Å². The van der Waals surface area contributed by atoms with Crippen molar-refractivity contribution < 1.29 is 0 Å². The molecule has 2 nitrogen and oxygen atoms in total. The fourth-order valence-corrected chi connectivity index (χ4v) is 2.49. The number of aliphatic imine (C=N–C) groups is 1. The van der Waals surface area contributed by atoms with Gasteiger partial charge < -0.3 is 5.73 Å². The van der Waals surface area contributed by atoms with E-state index in [0.717, 1.165) is 10.2 Å². The van der Waals surface area contributed by atoms with Crippen LogP contribution in [0.4, 0.5) is 0 Å². The summed E-state index contributed by atoms with van der Waals surface area (Å²) in [4.78, 5) is 4.34. The lowest BCUT2D eigenvalue weighted by Gasteiger charge is -2.05. The molecule has 0 amide bonds. The molecule has 0 saturated carbocycles. The number of hydrogen-bond donors (Lipinski definition) is 1. The molecule has 1 aliphatic rings. The van der Waals surface area contributed by atoms with E-state index >= 15 is 0 Å². The molecule has 1 atom stereocenters. The standard InChI is InChI=1S/C9H9BrN2S/c10-7-3-1-2-6(4-7)8-5-13-9(11)12-8/h1-4,8H,5H2,(H2,11,12). The van der Waals surface area contributed by atoms with Crippen LogP contribution in [0.5, 0.6) is 0 Å². The highest BCUT2D eigenvalue weighted by atomic mass is 79.9. The van der Waals surface area contributed by atoms with E-state index < -0.39 is 0 Å². The predicted octanol–water partition coefficient (Wildman–Crippen LogP) is 2.55. The van der Waals surface area contributed by atoms with Crippen molar-refractivity contribution in [2.75, 3.05) is 5.75 Å². The summed E-state index contributed by atoms with van der Waals surface area (Å²) in [6, 6.07) is 8.44. The molecule has 0 aliphatic carbocycles. The van der Waals surface area contributed by atoms with Crippen LogP contribution in [0.1, 0.15) is 11.6 Å². The Labute approximate surface area is 89.7 Å². The number of thioether (sulfide) groups is 1. The van der Waals surface area contributed by atoms with Gasteiger partial charge in [-0.1, -0.05) is 39.8 Å². The maximum absolute atomic E-state index is 5.60.